The molecule has 0 fully saturated rings. The first-order chi connectivity index (χ1) is 14.4. The van der Waals surface area contributed by atoms with Crippen LogP contribution in [0.5, 0.6) is 0 Å². The van der Waals surface area contributed by atoms with Crippen molar-refractivity contribution in [2.75, 3.05) is 0 Å². The van der Waals surface area contributed by atoms with Crippen molar-refractivity contribution in [3.63, 3.8) is 0 Å². The maximum atomic E-state index is 4.52. The van der Waals surface area contributed by atoms with Crippen LogP contribution in [0.3, 0.4) is 0 Å². The maximum absolute atomic E-state index is 4.52. The van der Waals surface area contributed by atoms with E-state index in [1.54, 1.807) is 0 Å². The van der Waals surface area contributed by atoms with Gasteiger partial charge in [0.25, 0.3) is 0 Å². The second kappa shape index (κ2) is 7.64. The third kappa shape index (κ3) is 3.63. The average Bonchev–Trinajstić information content (AvgIpc) is 3.31. The number of hydrogen-bond donors (Lipinski definition) is 2. The van der Waals surface area contributed by atoms with Crippen LogP contribution in [-0.2, 0) is 0 Å². The van der Waals surface area contributed by atoms with Gasteiger partial charge in [0.15, 0.2) is 5.84 Å². The Balaban J connectivity index is 1.33. The Kier molecular flexibility index (Phi) is 4.55. The van der Waals surface area contributed by atoms with Crippen molar-refractivity contribution in [3.8, 4) is 22.3 Å². The lowest BCUT2D eigenvalue weighted by atomic mass is 10.0. The summed E-state index contributed by atoms with van der Waals surface area (Å²) in [5.41, 5.74) is 10.3. The lowest BCUT2D eigenvalue weighted by Crippen LogP contribution is -2.27. The second-order valence-corrected chi connectivity index (χ2v) is 7.10. The molecule has 0 aromatic heterocycles. The van der Waals surface area contributed by atoms with E-state index in [0.29, 0.717) is 0 Å². The molecule has 0 radical (unpaired) electrons. The zero-order valence-corrected chi connectivity index (χ0v) is 15.9. The van der Waals surface area contributed by atoms with Crippen molar-refractivity contribution in [2.24, 2.45) is 5.10 Å². The molecule has 2 N–H and O–H groups in total. The molecule has 1 unspecified atom stereocenters. The lowest BCUT2D eigenvalue weighted by molar-refractivity contribution is 0.574. The Hall–Kier alpha value is -3.85. The van der Waals surface area contributed by atoms with E-state index in [2.05, 4.69) is 113 Å². The van der Waals surface area contributed by atoms with Gasteiger partial charge in [-0.05, 0) is 33.9 Å². The number of rotatable bonds is 4. The quantitative estimate of drug-likeness (QED) is 0.489. The van der Waals surface area contributed by atoms with E-state index in [0.717, 1.165) is 17.0 Å². The molecule has 0 saturated heterocycles. The highest BCUT2D eigenvalue weighted by atomic mass is 15.4. The van der Waals surface area contributed by atoms with Gasteiger partial charge < -0.3 is 5.32 Å². The minimum absolute atomic E-state index is 0.0394. The highest BCUT2D eigenvalue weighted by molar-refractivity contribution is 6.00. The van der Waals surface area contributed by atoms with Crippen molar-refractivity contribution in [1.82, 2.24) is 10.7 Å². The minimum atomic E-state index is -0.0394. The van der Waals surface area contributed by atoms with Gasteiger partial charge in [-0.3, -0.25) is 5.43 Å². The Labute approximate surface area is 170 Å². The van der Waals surface area contributed by atoms with Crippen molar-refractivity contribution in [1.29, 1.82) is 0 Å². The summed E-state index contributed by atoms with van der Waals surface area (Å²) in [6.45, 7) is 0. The molecule has 4 aromatic carbocycles. The van der Waals surface area contributed by atoms with Crippen LogP contribution in [0.2, 0.25) is 0 Å². The maximum Gasteiger partial charge on any atom is 0.155 e. The standard InChI is InChI=1S/C26H21N3/c1-3-8-19(9-4-1)21-14-16-22(17-15-21)25-27-26(29-28-25)24-13-7-12-23(18-24)20-10-5-2-6-11-20/h1-18,26,29H,(H,27,28). The molecule has 3 heteroatoms. The van der Waals surface area contributed by atoms with Crippen molar-refractivity contribution in [3.05, 3.63) is 120 Å². The fourth-order valence-electron chi connectivity index (χ4n) is 3.62. The van der Waals surface area contributed by atoms with Crippen LogP contribution in [-0.4, -0.2) is 5.84 Å². The number of benzene rings is 4. The van der Waals surface area contributed by atoms with Crippen LogP contribution in [0.25, 0.3) is 22.3 Å². The molecule has 1 aliphatic rings. The molecule has 1 heterocycles. The topological polar surface area (TPSA) is 36.4 Å². The summed E-state index contributed by atoms with van der Waals surface area (Å²) in [7, 11) is 0. The van der Waals surface area contributed by atoms with Crippen LogP contribution in [0, 0.1) is 0 Å². The monoisotopic (exact) mass is 375 g/mol. The number of hydrogen-bond acceptors (Lipinski definition) is 3. The number of hydrazone groups is 1. The number of nitrogens with zero attached hydrogens (tertiary/aromatic N) is 1. The normalized spacial score (nSPS) is 15.3. The van der Waals surface area contributed by atoms with Crippen LogP contribution >= 0.6 is 0 Å². The van der Waals surface area contributed by atoms with E-state index in [4.69, 9.17) is 0 Å². The summed E-state index contributed by atoms with van der Waals surface area (Å²) >= 11 is 0. The molecule has 1 aliphatic heterocycles. The molecule has 0 amide bonds. The molecule has 4 aromatic rings. The van der Waals surface area contributed by atoms with Gasteiger partial charge in [-0.15, -0.1) is 0 Å². The first kappa shape index (κ1) is 17.3. The summed E-state index contributed by atoms with van der Waals surface area (Å²) in [6.07, 6.45) is -0.0394. The van der Waals surface area contributed by atoms with E-state index in [1.807, 2.05) is 12.1 Å². The molecule has 0 saturated carbocycles. The van der Waals surface area contributed by atoms with Gasteiger partial charge in [0.2, 0.25) is 0 Å². The van der Waals surface area contributed by atoms with Gasteiger partial charge >= 0.3 is 0 Å². The van der Waals surface area contributed by atoms with E-state index < -0.39 is 0 Å². The molecular weight excluding hydrogens is 354 g/mol. The molecule has 0 spiro atoms. The number of amidine groups is 1. The molecule has 140 valence electrons. The van der Waals surface area contributed by atoms with Crippen molar-refractivity contribution >= 4 is 5.84 Å². The molecule has 0 bridgehead atoms. The first-order valence-electron chi connectivity index (χ1n) is 9.78. The molecule has 1 atom stereocenters. The zero-order valence-electron chi connectivity index (χ0n) is 15.9. The first-order valence-corrected chi connectivity index (χ1v) is 9.78. The van der Waals surface area contributed by atoms with E-state index in [-0.39, 0.29) is 6.17 Å². The zero-order chi connectivity index (χ0) is 19.5. The summed E-state index contributed by atoms with van der Waals surface area (Å²) < 4.78 is 0. The largest absolute Gasteiger partial charge is 0.343 e. The van der Waals surface area contributed by atoms with Gasteiger partial charge in [0.05, 0.1) is 0 Å². The fourth-order valence-corrected chi connectivity index (χ4v) is 3.62. The summed E-state index contributed by atoms with van der Waals surface area (Å²) in [5.74, 6) is 0.861. The van der Waals surface area contributed by atoms with Crippen LogP contribution < -0.4 is 10.7 Å². The Bertz CT molecular complexity index is 1130. The third-order valence-electron chi connectivity index (χ3n) is 5.18. The minimum Gasteiger partial charge on any atom is -0.343 e. The van der Waals surface area contributed by atoms with Crippen LogP contribution in [0.15, 0.2) is 114 Å². The third-order valence-corrected chi connectivity index (χ3v) is 5.18. The Morgan fingerprint density at radius 2 is 1.07 bits per heavy atom. The van der Waals surface area contributed by atoms with Gasteiger partial charge in [-0.25, -0.2) is 0 Å². The van der Waals surface area contributed by atoms with E-state index in [1.165, 1.54) is 22.3 Å². The fraction of sp³-hybridized carbons (Fsp3) is 0.0385. The van der Waals surface area contributed by atoms with Crippen LogP contribution in [0.4, 0.5) is 0 Å². The highest BCUT2D eigenvalue weighted by Gasteiger charge is 2.20. The smallest absolute Gasteiger partial charge is 0.155 e. The molecule has 3 nitrogen and oxygen atoms in total. The molecule has 5 rings (SSSR count). The van der Waals surface area contributed by atoms with Gasteiger partial charge in [-0.1, -0.05) is 103 Å². The molecule has 29 heavy (non-hydrogen) atoms. The van der Waals surface area contributed by atoms with E-state index >= 15 is 0 Å². The van der Waals surface area contributed by atoms with Crippen molar-refractivity contribution < 1.29 is 0 Å². The van der Waals surface area contributed by atoms with Crippen molar-refractivity contribution in [2.45, 2.75) is 6.17 Å². The second-order valence-electron chi connectivity index (χ2n) is 7.10. The summed E-state index contributed by atoms with van der Waals surface area (Å²) in [4.78, 5) is 0. The summed E-state index contributed by atoms with van der Waals surface area (Å²) in [5, 5.41) is 8.02. The molecule has 0 aliphatic carbocycles. The predicted octanol–water partition coefficient (Wildman–Crippen LogP) is 5.57. The Morgan fingerprint density at radius 1 is 0.517 bits per heavy atom. The lowest BCUT2D eigenvalue weighted by Gasteiger charge is -2.14. The van der Waals surface area contributed by atoms with Gasteiger partial charge in [0, 0.05) is 5.56 Å². The van der Waals surface area contributed by atoms with Gasteiger partial charge in [-0.2, -0.15) is 5.10 Å². The average molecular weight is 375 g/mol. The van der Waals surface area contributed by atoms with Crippen LogP contribution in [0.1, 0.15) is 17.3 Å². The predicted molar refractivity (Wildman–Crippen MR) is 119 cm³/mol. The molecular formula is C26H21N3. The highest BCUT2D eigenvalue weighted by Crippen LogP contribution is 2.24. The summed E-state index contributed by atoms with van der Waals surface area (Å²) in [6, 6.07) is 37.9. The SMILES string of the molecule is c1ccc(-c2ccc(C3=NNC(c4cccc(-c5ccccc5)c4)N3)cc2)cc1. The Morgan fingerprint density at radius 3 is 1.76 bits per heavy atom. The number of nitrogens with one attached hydrogen (secondary N) is 2. The van der Waals surface area contributed by atoms with Gasteiger partial charge in [0.1, 0.15) is 6.17 Å². The van der Waals surface area contributed by atoms with E-state index in [9.17, 15) is 0 Å².